The number of ether oxygens (including phenoxy) is 1. The fourth-order valence-electron chi connectivity index (χ4n) is 3.75. The highest BCUT2D eigenvalue weighted by Crippen LogP contribution is 2.20. The van der Waals surface area contributed by atoms with E-state index < -0.39 is 0 Å². The minimum Gasteiger partial charge on any atom is -0.497 e. The summed E-state index contributed by atoms with van der Waals surface area (Å²) in [6, 6.07) is 16.1. The minimum atomic E-state index is 0.116. The lowest BCUT2D eigenvalue weighted by atomic mass is 10.2. The maximum atomic E-state index is 12.3. The van der Waals surface area contributed by atoms with E-state index >= 15 is 0 Å². The fourth-order valence-corrected chi connectivity index (χ4v) is 4.79. The second-order valence-corrected chi connectivity index (χ2v) is 8.67. The second-order valence-electron chi connectivity index (χ2n) is 7.55. The van der Waals surface area contributed by atoms with Crippen molar-refractivity contribution in [3.63, 3.8) is 0 Å². The van der Waals surface area contributed by atoms with Crippen LogP contribution in [-0.2, 0) is 17.9 Å². The molecule has 29 heavy (non-hydrogen) atoms. The Bertz CT molecular complexity index is 916. The summed E-state index contributed by atoms with van der Waals surface area (Å²) in [7, 11) is 1.65. The van der Waals surface area contributed by atoms with E-state index in [1.165, 1.54) is 14.6 Å². The smallest absolute Gasteiger partial charge is 0.275 e. The maximum absolute atomic E-state index is 12.3. The Balaban J connectivity index is 1.19. The number of carbonyl (C=O) groups is 1. The number of thiazole rings is 1. The number of aromatic nitrogens is 1. The predicted octanol–water partition coefficient (Wildman–Crippen LogP) is -0.0953. The van der Waals surface area contributed by atoms with E-state index in [1.807, 2.05) is 30.3 Å². The number of fused-ring (bicyclic) bond motifs is 1. The standard InChI is InChI=1S/C22H26N4O2S/c1-28-18-8-6-17(7-9-18)14-23-21(27)15-25-10-12-26(13-11-25)16-22-24-19-4-2-3-5-20(19)29-22/h2-9H,10-16H2,1H3,(H,23,27)/p+2. The lowest BCUT2D eigenvalue weighted by Gasteiger charge is -2.28. The van der Waals surface area contributed by atoms with Crippen LogP contribution in [0.25, 0.3) is 10.2 Å². The number of nitrogens with zero attached hydrogens (tertiary/aromatic N) is 1. The predicted molar refractivity (Wildman–Crippen MR) is 114 cm³/mol. The highest BCUT2D eigenvalue weighted by molar-refractivity contribution is 7.18. The molecule has 1 fully saturated rings. The SMILES string of the molecule is COc1ccc(CNC(=O)C[NH+]2CC[NH+](Cc3nc4ccccc4s3)CC2)cc1. The Hall–Kier alpha value is -2.48. The first-order valence-electron chi connectivity index (χ1n) is 10.1. The Morgan fingerprint density at radius 2 is 1.79 bits per heavy atom. The summed E-state index contributed by atoms with van der Waals surface area (Å²) < 4.78 is 6.42. The van der Waals surface area contributed by atoms with Gasteiger partial charge in [0, 0.05) is 6.54 Å². The quantitative estimate of drug-likeness (QED) is 0.508. The maximum Gasteiger partial charge on any atom is 0.275 e. The molecule has 1 saturated heterocycles. The van der Waals surface area contributed by atoms with E-state index in [2.05, 4.69) is 23.5 Å². The largest absolute Gasteiger partial charge is 0.497 e. The van der Waals surface area contributed by atoms with Crippen LogP contribution in [-0.4, -0.2) is 50.7 Å². The molecule has 6 nitrogen and oxygen atoms in total. The van der Waals surface area contributed by atoms with Crippen LogP contribution in [0, 0.1) is 0 Å². The van der Waals surface area contributed by atoms with Gasteiger partial charge in [0.2, 0.25) is 0 Å². The molecule has 0 bridgehead atoms. The first-order chi connectivity index (χ1) is 14.2. The molecule has 3 aromatic rings. The molecule has 7 heteroatoms. The van der Waals surface area contributed by atoms with Crippen LogP contribution in [0.2, 0.25) is 0 Å². The number of hydrogen-bond acceptors (Lipinski definition) is 4. The van der Waals surface area contributed by atoms with Gasteiger partial charge in [0.1, 0.15) is 43.5 Å². The molecule has 1 aliphatic heterocycles. The fraction of sp³-hybridized carbons (Fsp3) is 0.364. The summed E-state index contributed by atoms with van der Waals surface area (Å²) in [5.74, 6) is 0.946. The summed E-state index contributed by atoms with van der Waals surface area (Å²) in [5, 5.41) is 4.24. The zero-order valence-corrected chi connectivity index (χ0v) is 17.6. The average Bonchev–Trinajstić information content (AvgIpc) is 3.16. The van der Waals surface area contributed by atoms with Crippen molar-refractivity contribution in [2.75, 3.05) is 39.8 Å². The summed E-state index contributed by atoms with van der Waals surface area (Å²) >= 11 is 1.80. The van der Waals surface area contributed by atoms with Crippen molar-refractivity contribution >= 4 is 27.5 Å². The van der Waals surface area contributed by atoms with Gasteiger partial charge in [-0.3, -0.25) is 4.79 Å². The van der Waals surface area contributed by atoms with Crippen molar-refractivity contribution in [1.29, 1.82) is 0 Å². The van der Waals surface area contributed by atoms with Gasteiger partial charge in [-0.2, -0.15) is 0 Å². The highest BCUT2D eigenvalue weighted by atomic mass is 32.1. The van der Waals surface area contributed by atoms with Crippen LogP contribution in [0.1, 0.15) is 10.6 Å². The Labute approximate surface area is 175 Å². The summed E-state index contributed by atoms with van der Waals surface area (Å²) in [6.45, 7) is 6.30. The molecular weight excluding hydrogens is 384 g/mol. The summed E-state index contributed by atoms with van der Waals surface area (Å²) in [4.78, 5) is 20.0. The molecule has 2 aromatic carbocycles. The third-order valence-corrected chi connectivity index (χ3v) is 6.50. The molecule has 0 aliphatic carbocycles. The van der Waals surface area contributed by atoms with E-state index in [1.54, 1.807) is 23.3 Å². The zero-order valence-electron chi connectivity index (χ0n) is 16.7. The Morgan fingerprint density at radius 3 is 2.52 bits per heavy atom. The van der Waals surface area contributed by atoms with Gasteiger partial charge in [0.15, 0.2) is 6.54 Å². The molecule has 0 unspecified atom stereocenters. The van der Waals surface area contributed by atoms with E-state index in [0.717, 1.165) is 49.6 Å². The number of methoxy groups -OCH3 is 1. The van der Waals surface area contributed by atoms with Gasteiger partial charge in [0.05, 0.1) is 17.3 Å². The zero-order chi connectivity index (χ0) is 20.1. The number of quaternary nitrogens is 2. The number of benzene rings is 2. The number of nitrogens with one attached hydrogen (secondary N) is 3. The van der Waals surface area contributed by atoms with Gasteiger partial charge < -0.3 is 19.9 Å². The number of rotatable bonds is 7. The molecule has 4 rings (SSSR count). The first kappa shape index (κ1) is 19.8. The van der Waals surface area contributed by atoms with Crippen LogP contribution in [0.4, 0.5) is 0 Å². The molecule has 0 spiro atoms. The highest BCUT2D eigenvalue weighted by Gasteiger charge is 2.25. The molecule has 1 amide bonds. The third kappa shape index (κ3) is 5.32. The number of piperazine rings is 1. The molecular formula is C22H28N4O2S+2. The normalized spacial score (nSPS) is 19.2. The number of para-hydroxylation sites is 1. The van der Waals surface area contributed by atoms with Crippen LogP contribution in [0.15, 0.2) is 48.5 Å². The number of amides is 1. The van der Waals surface area contributed by atoms with Gasteiger partial charge in [-0.25, -0.2) is 4.98 Å². The molecule has 1 aromatic heterocycles. The number of carbonyl (C=O) groups excluding carboxylic acids is 1. The van der Waals surface area contributed by atoms with E-state index in [-0.39, 0.29) is 5.91 Å². The van der Waals surface area contributed by atoms with Crippen molar-refractivity contribution in [1.82, 2.24) is 10.3 Å². The van der Waals surface area contributed by atoms with Gasteiger partial charge in [-0.1, -0.05) is 24.3 Å². The summed E-state index contributed by atoms with van der Waals surface area (Å²) in [6.07, 6.45) is 0. The topological polar surface area (TPSA) is 60.1 Å². The van der Waals surface area contributed by atoms with Crippen LogP contribution < -0.4 is 19.9 Å². The van der Waals surface area contributed by atoms with Gasteiger partial charge in [0.25, 0.3) is 5.91 Å². The van der Waals surface area contributed by atoms with E-state index in [4.69, 9.17) is 9.72 Å². The molecule has 0 saturated carbocycles. The number of hydrogen-bond donors (Lipinski definition) is 3. The minimum absolute atomic E-state index is 0.116. The third-order valence-electron chi connectivity index (χ3n) is 5.46. The Morgan fingerprint density at radius 1 is 1.07 bits per heavy atom. The lowest BCUT2D eigenvalue weighted by molar-refractivity contribution is -1.02. The first-order valence-corrected chi connectivity index (χ1v) is 10.9. The van der Waals surface area contributed by atoms with Crippen molar-refractivity contribution in [2.24, 2.45) is 0 Å². The Kier molecular flexibility index (Phi) is 6.39. The van der Waals surface area contributed by atoms with Crippen LogP contribution in [0.3, 0.4) is 0 Å². The van der Waals surface area contributed by atoms with Gasteiger partial charge >= 0.3 is 0 Å². The molecule has 3 N–H and O–H groups in total. The van der Waals surface area contributed by atoms with Gasteiger partial charge in [-0.15, -0.1) is 11.3 Å². The van der Waals surface area contributed by atoms with Crippen molar-refractivity contribution in [3.8, 4) is 5.75 Å². The second kappa shape index (κ2) is 9.35. The molecule has 0 atom stereocenters. The van der Waals surface area contributed by atoms with Gasteiger partial charge in [-0.05, 0) is 29.8 Å². The average molecular weight is 413 g/mol. The molecule has 1 aliphatic rings. The van der Waals surface area contributed by atoms with Crippen molar-refractivity contribution in [2.45, 2.75) is 13.1 Å². The van der Waals surface area contributed by atoms with Crippen LogP contribution >= 0.6 is 11.3 Å². The summed E-state index contributed by atoms with van der Waals surface area (Å²) in [5.41, 5.74) is 2.18. The van der Waals surface area contributed by atoms with Crippen LogP contribution in [0.5, 0.6) is 5.75 Å². The lowest BCUT2D eigenvalue weighted by Crippen LogP contribution is -3.28. The van der Waals surface area contributed by atoms with E-state index in [0.29, 0.717) is 13.1 Å². The molecule has 152 valence electrons. The monoisotopic (exact) mass is 412 g/mol. The van der Waals surface area contributed by atoms with E-state index in [9.17, 15) is 4.79 Å². The van der Waals surface area contributed by atoms with Crippen molar-refractivity contribution in [3.05, 3.63) is 59.1 Å². The molecule has 2 heterocycles. The van der Waals surface area contributed by atoms with Crippen molar-refractivity contribution < 1.29 is 19.3 Å². The molecule has 0 radical (unpaired) electrons.